The van der Waals surface area contributed by atoms with Gasteiger partial charge in [-0.25, -0.2) is 0 Å². The van der Waals surface area contributed by atoms with E-state index in [9.17, 15) is 18.0 Å². The summed E-state index contributed by atoms with van der Waals surface area (Å²) in [6, 6.07) is 7.71. The van der Waals surface area contributed by atoms with Crippen molar-refractivity contribution in [2.24, 2.45) is 5.16 Å². The molecule has 86 valence electrons. The largest absolute Gasteiger partial charge is 0.450 e. The molecule has 1 rings (SSSR count). The summed E-state index contributed by atoms with van der Waals surface area (Å²) in [4.78, 5) is 10.7. The number of ketones is 1. The predicted molar refractivity (Wildman–Crippen MR) is 50.4 cm³/mol. The second-order valence-corrected chi connectivity index (χ2v) is 3.01. The van der Waals surface area contributed by atoms with Crippen LogP contribution in [-0.4, -0.2) is 22.9 Å². The van der Waals surface area contributed by atoms with Gasteiger partial charge in [-0.15, -0.1) is 0 Å². The van der Waals surface area contributed by atoms with Gasteiger partial charge in [0.15, 0.2) is 0 Å². The molecule has 0 aliphatic carbocycles. The second-order valence-electron chi connectivity index (χ2n) is 3.01. The van der Waals surface area contributed by atoms with Crippen molar-refractivity contribution in [1.82, 2.24) is 0 Å². The van der Waals surface area contributed by atoms with Gasteiger partial charge in [-0.2, -0.15) is 13.2 Å². The first-order valence-corrected chi connectivity index (χ1v) is 4.31. The first-order chi connectivity index (χ1) is 7.45. The Balaban J connectivity index is 2.84. The van der Waals surface area contributed by atoms with Crippen molar-refractivity contribution in [3.05, 3.63) is 35.9 Å². The standard InChI is InChI=1S/C10H8F3NO2/c11-10(12,13)9(15)6-8(14-16)7-4-2-1-3-5-7/h1-5,16H,6H2/b14-8-. The summed E-state index contributed by atoms with van der Waals surface area (Å²) in [6.07, 6.45) is -5.88. The Bertz CT molecular complexity index is 398. The molecule has 0 aliphatic heterocycles. The molecule has 16 heavy (non-hydrogen) atoms. The Morgan fingerprint density at radius 1 is 1.25 bits per heavy atom. The van der Waals surface area contributed by atoms with E-state index in [1.54, 1.807) is 18.2 Å². The molecule has 0 saturated carbocycles. The molecule has 0 heterocycles. The summed E-state index contributed by atoms with van der Waals surface area (Å²) in [7, 11) is 0. The quantitative estimate of drug-likeness (QED) is 0.493. The number of benzene rings is 1. The molecule has 1 aromatic rings. The van der Waals surface area contributed by atoms with E-state index in [1.165, 1.54) is 12.1 Å². The molecular formula is C10H8F3NO2. The molecule has 0 aromatic heterocycles. The van der Waals surface area contributed by atoms with Crippen molar-refractivity contribution in [3.8, 4) is 0 Å². The lowest BCUT2D eigenvalue weighted by molar-refractivity contribution is -0.169. The second kappa shape index (κ2) is 4.78. The first kappa shape index (κ1) is 12.2. The lowest BCUT2D eigenvalue weighted by Crippen LogP contribution is -2.25. The zero-order chi connectivity index (χ0) is 12.2. The van der Waals surface area contributed by atoms with Crippen LogP contribution in [0.3, 0.4) is 0 Å². The van der Waals surface area contributed by atoms with Crippen LogP contribution < -0.4 is 0 Å². The number of rotatable bonds is 3. The number of hydrogen-bond acceptors (Lipinski definition) is 3. The lowest BCUT2D eigenvalue weighted by atomic mass is 10.1. The third kappa shape index (κ3) is 3.08. The van der Waals surface area contributed by atoms with E-state index in [1.807, 2.05) is 0 Å². The van der Waals surface area contributed by atoms with Crippen molar-refractivity contribution in [2.75, 3.05) is 0 Å². The van der Waals surface area contributed by atoms with E-state index >= 15 is 0 Å². The number of carbonyl (C=O) groups is 1. The van der Waals surface area contributed by atoms with E-state index in [2.05, 4.69) is 5.16 Å². The molecule has 0 saturated heterocycles. The highest BCUT2D eigenvalue weighted by Crippen LogP contribution is 2.19. The smallest absolute Gasteiger partial charge is 0.411 e. The van der Waals surface area contributed by atoms with Crippen LogP contribution in [0.15, 0.2) is 35.5 Å². The van der Waals surface area contributed by atoms with Crippen molar-refractivity contribution < 1.29 is 23.2 Å². The molecule has 0 bridgehead atoms. The van der Waals surface area contributed by atoms with Gasteiger partial charge in [-0.1, -0.05) is 35.5 Å². The molecule has 6 heteroatoms. The molecule has 0 atom stereocenters. The van der Waals surface area contributed by atoms with Crippen molar-refractivity contribution in [3.63, 3.8) is 0 Å². The van der Waals surface area contributed by atoms with E-state index in [0.29, 0.717) is 0 Å². The third-order valence-corrected chi connectivity index (χ3v) is 1.87. The molecule has 1 aromatic carbocycles. The Morgan fingerprint density at radius 3 is 2.25 bits per heavy atom. The summed E-state index contributed by atoms with van der Waals surface area (Å²) in [5.74, 6) is -1.94. The molecule has 0 radical (unpaired) electrons. The molecular weight excluding hydrogens is 223 g/mol. The number of alkyl halides is 3. The number of nitrogens with zero attached hydrogens (tertiary/aromatic N) is 1. The summed E-state index contributed by atoms with van der Waals surface area (Å²) < 4.78 is 35.9. The summed E-state index contributed by atoms with van der Waals surface area (Å²) in [6.45, 7) is 0. The Labute approximate surface area is 89.2 Å². The van der Waals surface area contributed by atoms with Crippen LogP contribution >= 0.6 is 0 Å². The van der Waals surface area contributed by atoms with E-state index in [0.717, 1.165) is 0 Å². The normalized spacial score (nSPS) is 12.6. The average Bonchev–Trinajstić information content (AvgIpc) is 2.25. The highest BCUT2D eigenvalue weighted by atomic mass is 19.4. The maximum Gasteiger partial charge on any atom is 0.450 e. The van der Waals surface area contributed by atoms with E-state index in [4.69, 9.17) is 5.21 Å². The van der Waals surface area contributed by atoms with Crippen molar-refractivity contribution >= 4 is 11.5 Å². The van der Waals surface area contributed by atoms with Crippen LogP contribution in [-0.2, 0) is 4.79 Å². The highest BCUT2D eigenvalue weighted by molar-refractivity contribution is 6.12. The lowest BCUT2D eigenvalue weighted by Gasteiger charge is -2.06. The van der Waals surface area contributed by atoms with Crippen LogP contribution in [0.25, 0.3) is 0 Å². The van der Waals surface area contributed by atoms with Crippen molar-refractivity contribution in [2.45, 2.75) is 12.6 Å². The number of halogens is 3. The average molecular weight is 231 g/mol. The topological polar surface area (TPSA) is 49.7 Å². The van der Waals surface area contributed by atoms with E-state index in [-0.39, 0.29) is 11.3 Å². The van der Waals surface area contributed by atoms with Crippen LogP contribution in [0.5, 0.6) is 0 Å². The third-order valence-electron chi connectivity index (χ3n) is 1.87. The SMILES string of the molecule is O=C(C/C(=N/O)c1ccccc1)C(F)(F)F. The van der Waals surface area contributed by atoms with Gasteiger partial charge in [0, 0.05) is 0 Å². The summed E-state index contributed by atoms with van der Waals surface area (Å²) >= 11 is 0. The fraction of sp³-hybridized carbons (Fsp3) is 0.200. The van der Waals surface area contributed by atoms with Crippen LogP contribution in [0, 0.1) is 0 Å². The maximum atomic E-state index is 12.0. The monoisotopic (exact) mass is 231 g/mol. The molecule has 0 fully saturated rings. The maximum absolute atomic E-state index is 12.0. The van der Waals surface area contributed by atoms with Gasteiger partial charge in [-0.3, -0.25) is 4.79 Å². The zero-order valence-corrected chi connectivity index (χ0v) is 8.03. The number of carbonyl (C=O) groups excluding carboxylic acids is 1. The van der Waals surface area contributed by atoms with Gasteiger partial charge in [-0.05, 0) is 5.56 Å². The predicted octanol–water partition coefficient (Wildman–Crippen LogP) is 2.39. The molecule has 0 aliphatic rings. The molecule has 0 spiro atoms. The molecule has 3 nitrogen and oxygen atoms in total. The Kier molecular flexibility index (Phi) is 3.65. The Morgan fingerprint density at radius 2 is 1.81 bits per heavy atom. The minimum absolute atomic E-state index is 0.280. The fourth-order valence-electron chi connectivity index (χ4n) is 1.08. The van der Waals surface area contributed by atoms with Crippen LogP contribution in [0.1, 0.15) is 12.0 Å². The van der Waals surface area contributed by atoms with Crippen LogP contribution in [0.2, 0.25) is 0 Å². The molecule has 1 N–H and O–H groups in total. The van der Waals surface area contributed by atoms with Gasteiger partial charge in [0.1, 0.15) is 0 Å². The van der Waals surface area contributed by atoms with Gasteiger partial charge in [0.25, 0.3) is 0 Å². The number of Topliss-reactive ketones (excluding diaryl/α,β-unsaturated/α-hetero) is 1. The first-order valence-electron chi connectivity index (χ1n) is 4.31. The zero-order valence-electron chi connectivity index (χ0n) is 8.03. The van der Waals surface area contributed by atoms with Gasteiger partial charge >= 0.3 is 6.18 Å². The van der Waals surface area contributed by atoms with Crippen LogP contribution in [0.4, 0.5) is 13.2 Å². The minimum atomic E-state index is -4.91. The fourth-order valence-corrected chi connectivity index (χ4v) is 1.08. The highest BCUT2D eigenvalue weighted by Gasteiger charge is 2.38. The number of hydrogen-bond donors (Lipinski definition) is 1. The van der Waals surface area contributed by atoms with Gasteiger partial charge in [0.05, 0.1) is 12.1 Å². The van der Waals surface area contributed by atoms with E-state index < -0.39 is 18.4 Å². The van der Waals surface area contributed by atoms with Gasteiger partial charge in [0.2, 0.25) is 5.78 Å². The Hall–Kier alpha value is -1.85. The summed E-state index contributed by atoms with van der Waals surface area (Å²) in [5.41, 5.74) is -0.0227. The molecule has 0 unspecified atom stereocenters. The van der Waals surface area contributed by atoms with Crippen molar-refractivity contribution in [1.29, 1.82) is 0 Å². The minimum Gasteiger partial charge on any atom is -0.411 e. The summed E-state index contributed by atoms with van der Waals surface area (Å²) in [5, 5.41) is 11.3. The number of oxime groups is 1. The van der Waals surface area contributed by atoms with Gasteiger partial charge < -0.3 is 5.21 Å². The molecule has 0 amide bonds.